The van der Waals surface area contributed by atoms with Gasteiger partial charge in [0.15, 0.2) is 5.82 Å². The van der Waals surface area contributed by atoms with Crippen molar-refractivity contribution in [1.82, 2.24) is 9.97 Å². The van der Waals surface area contributed by atoms with E-state index in [1.165, 1.54) is 16.7 Å². The summed E-state index contributed by atoms with van der Waals surface area (Å²) in [5.74, 6) is 1.69. The molecule has 1 aromatic heterocycles. The Morgan fingerprint density at radius 3 is 2.26 bits per heavy atom. The maximum absolute atomic E-state index is 4.60. The van der Waals surface area contributed by atoms with Gasteiger partial charge in [-0.1, -0.05) is 6.07 Å². The Kier molecular flexibility index (Phi) is 3.84. The molecular weight excluding hydrogens is 234 g/mol. The van der Waals surface area contributed by atoms with E-state index in [1.54, 1.807) is 0 Å². The third-order valence-corrected chi connectivity index (χ3v) is 3.29. The van der Waals surface area contributed by atoms with Crippen molar-refractivity contribution >= 4 is 5.82 Å². The largest absolute Gasteiger partial charge is 0.370 e. The molecule has 0 saturated heterocycles. The molecule has 0 bridgehead atoms. The molecule has 100 valence electrons. The smallest absolute Gasteiger partial charge is 0.162 e. The highest BCUT2D eigenvalue weighted by molar-refractivity contribution is 5.63. The quantitative estimate of drug-likeness (QED) is 0.906. The molecule has 0 aliphatic heterocycles. The zero-order chi connectivity index (χ0) is 14.0. The molecule has 0 radical (unpaired) electrons. The van der Waals surface area contributed by atoms with Crippen molar-refractivity contribution in [3.63, 3.8) is 0 Å². The van der Waals surface area contributed by atoms with Gasteiger partial charge in [0.05, 0.1) is 0 Å². The minimum Gasteiger partial charge on any atom is -0.370 e. The van der Waals surface area contributed by atoms with E-state index in [4.69, 9.17) is 0 Å². The zero-order valence-electron chi connectivity index (χ0n) is 12.3. The lowest BCUT2D eigenvalue weighted by molar-refractivity contribution is 1.07. The van der Waals surface area contributed by atoms with E-state index in [2.05, 4.69) is 55.1 Å². The number of hydrogen-bond acceptors (Lipinski definition) is 3. The predicted octanol–water partition coefficient (Wildman–Crippen LogP) is 3.81. The van der Waals surface area contributed by atoms with Crippen LogP contribution in [0, 0.1) is 27.7 Å². The summed E-state index contributed by atoms with van der Waals surface area (Å²) in [5.41, 5.74) is 5.90. The van der Waals surface area contributed by atoms with Crippen LogP contribution in [-0.2, 0) is 0 Å². The van der Waals surface area contributed by atoms with Gasteiger partial charge in [0.1, 0.15) is 5.82 Å². The van der Waals surface area contributed by atoms with Crippen molar-refractivity contribution in [1.29, 1.82) is 0 Å². The van der Waals surface area contributed by atoms with Crippen LogP contribution in [0.4, 0.5) is 5.82 Å². The summed E-state index contributed by atoms with van der Waals surface area (Å²) < 4.78 is 0. The lowest BCUT2D eigenvalue weighted by Crippen LogP contribution is -2.03. The van der Waals surface area contributed by atoms with E-state index in [0.717, 1.165) is 29.4 Å². The average Bonchev–Trinajstić information content (AvgIpc) is 2.33. The Balaban J connectivity index is 2.55. The molecule has 1 heterocycles. The normalized spacial score (nSPS) is 10.6. The maximum atomic E-state index is 4.60. The Morgan fingerprint density at radius 2 is 1.58 bits per heavy atom. The van der Waals surface area contributed by atoms with E-state index in [-0.39, 0.29) is 0 Å². The fraction of sp³-hybridized carbons (Fsp3) is 0.375. The SMILES string of the molecule is CCNc1cc(C)nc(-c2cc(C)c(C)cc2C)n1. The van der Waals surface area contributed by atoms with Crippen molar-refractivity contribution in [2.45, 2.75) is 34.6 Å². The molecule has 0 saturated carbocycles. The van der Waals surface area contributed by atoms with Crippen LogP contribution in [0.25, 0.3) is 11.4 Å². The third kappa shape index (κ3) is 2.92. The third-order valence-electron chi connectivity index (χ3n) is 3.29. The van der Waals surface area contributed by atoms with Crippen molar-refractivity contribution < 1.29 is 0 Å². The first kappa shape index (κ1) is 13.5. The topological polar surface area (TPSA) is 37.8 Å². The molecule has 3 heteroatoms. The summed E-state index contributed by atoms with van der Waals surface area (Å²) in [6.45, 7) is 11.3. The van der Waals surface area contributed by atoms with Crippen LogP contribution in [0.1, 0.15) is 29.3 Å². The number of nitrogens with one attached hydrogen (secondary N) is 1. The van der Waals surface area contributed by atoms with Crippen LogP contribution < -0.4 is 5.32 Å². The van der Waals surface area contributed by atoms with E-state index < -0.39 is 0 Å². The fourth-order valence-corrected chi connectivity index (χ4v) is 2.16. The molecule has 0 spiro atoms. The molecule has 0 amide bonds. The molecule has 0 aliphatic rings. The predicted molar refractivity (Wildman–Crippen MR) is 80.6 cm³/mol. The zero-order valence-corrected chi connectivity index (χ0v) is 12.3. The van der Waals surface area contributed by atoms with E-state index in [1.807, 2.05) is 13.0 Å². The number of aryl methyl sites for hydroxylation is 4. The summed E-state index contributed by atoms with van der Waals surface area (Å²) in [5, 5.41) is 3.25. The van der Waals surface area contributed by atoms with Crippen molar-refractivity contribution in [2.24, 2.45) is 0 Å². The Morgan fingerprint density at radius 1 is 0.895 bits per heavy atom. The summed E-state index contributed by atoms with van der Waals surface area (Å²) in [7, 11) is 0. The molecule has 1 aromatic carbocycles. The number of aromatic nitrogens is 2. The first-order valence-corrected chi connectivity index (χ1v) is 6.69. The maximum Gasteiger partial charge on any atom is 0.162 e. The van der Waals surface area contributed by atoms with Crippen LogP contribution in [0.3, 0.4) is 0 Å². The van der Waals surface area contributed by atoms with Crippen molar-refractivity contribution in [2.75, 3.05) is 11.9 Å². The van der Waals surface area contributed by atoms with Gasteiger partial charge in [-0.25, -0.2) is 9.97 Å². The summed E-state index contributed by atoms with van der Waals surface area (Å²) in [4.78, 5) is 9.17. The van der Waals surface area contributed by atoms with Gasteiger partial charge >= 0.3 is 0 Å². The second kappa shape index (κ2) is 5.39. The van der Waals surface area contributed by atoms with Crippen molar-refractivity contribution in [3.8, 4) is 11.4 Å². The van der Waals surface area contributed by atoms with Crippen LogP contribution in [0.15, 0.2) is 18.2 Å². The summed E-state index contributed by atoms with van der Waals surface area (Å²) in [6, 6.07) is 6.35. The van der Waals surface area contributed by atoms with Crippen LogP contribution in [0.2, 0.25) is 0 Å². The Labute approximate surface area is 115 Å². The van der Waals surface area contributed by atoms with E-state index in [0.29, 0.717) is 0 Å². The van der Waals surface area contributed by atoms with Crippen LogP contribution >= 0.6 is 0 Å². The van der Waals surface area contributed by atoms with Gasteiger partial charge in [-0.3, -0.25) is 0 Å². The minimum atomic E-state index is 0.802. The highest BCUT2D eigenvalue weighted by Gasteiger charge is 2.09. The fourth-order valence-electron chi connectivity index (χ4n) is 2.16. The minimum absolute atomic E-state index is 0.802. The molecule has 3 nitrogen and oxygen atoms in total. The Hall–Kier alpha value is -1.90. The lowest BCUT2D eigenvalue weighted by Gasteiger charge is -2.11. The van der Waals surface area contributed by atoms with E-state index >= 15 is 0 Å². The number of rotatable bonds is 3. The molecular formula is C16H21N3. The van der Waals surface area contributed by atoms with Crippen LogP contribution in [0.5, 0.6) is 0 Å². The second-order valence-electron chi connectivity index (χ2n) is 5.00. The molecule has 0 fully saturated rings. The molecule has 2 aromatic rings. The molecule has 1 N–H and O–H groups in total. The van der Waals surface area contributed by atoms with Gasteiger partial charge in [-0.2, -0.15) is 0 Å². The standard InChI is InChI=1S/C16H21N3/c1-6-17-15-9-13(5)18-16(19-15)14-8-11(3)10(2)7-12(14)4/h7-9H,6H2,1-5H3,(H,17,18,19). The molecule has 0 atom stereocenters. The van der Waals surface area contributed by atoms with Gasteiger partial charge in [-0.15, -0.1) is 0 Å². The molecule has 0 unspecified atom stereocenters. The van der Waals surface area contributed by atoms with Gasteiger partial charge in [0.25, 0.3) is 0 Å². The lowest BCUT2D eigenvalue weighted by atomic mass is 10.0. The van der Waals surface area contributed by atoms with Gasteiger partial charge < -0.3 is 5.32 Å². The Bertz CT molecular complexity index is 603. The number of hydrogen-bond donors (Lipinski definition) is 1. The van der Waals surface area contributed by atoms with Gasteiger partial charge in [0.2, 0.25) is 0 Å². The second-order valence-corrected chi connectivity index (χ2v) is 5.00. The van der Waals surface area contributed by atoms with Gasteiger partial charge in [0, 0.05) is 23.9 Å². The first-order valence-electron chi connectivity index (χ1n) is 6.69. The summed E-state index contributed by atoms with van der Waals surface area (Å²) >= 11 is 0. The first-order chi connectivity index (χ1) is 9.01. The molecule has 2 rings (SSSR count). The van der Waals surface area contributed by atoms with Gasteiger partial charge in [-0.05, 0) is 57.4 Å². The number of anilines is 1. The van der Waals surface area contributed by atoms with Crippen LogP contribution in [-0.4, -0.2) is 16.5 Å². The number of nitrogens with zero attached hydrogens (tertiary/aromatic N) is 2. The monoisotopic (exact) mass is 255 g/mol. The number of benzene rings is 1. The summed E-state index contributed by atoms with van der Waals surface area (Å²) in [6.07, 6.45) is 0. The van der Waals surface area contributed by atoms with E-state index in [9.17, 15) is 0 Å². The average molecular weight is 255 g/mol. The highest BCUT2D eigenvalue weighted by atomic mass is 15.0. The van der Waals surface area contributed by atoms with Crippen molar-refractivity contribution in [3.05, 3.63) is 40.6 Å². The highest BCUT2D eigenvalue weighted by Crippen LogP contribution is 2.25. The molecule has 19 heavy (non-hydrogen) atoms. The molecule has 0 aliphatic carbocycles.